The van der Waals surface area contributed by atoms with E-state index in [0.717, 1.165) is 4.31 Å². The molecule has 3 rings (SSSR count). The van der Waals surface area contributed by atoms with Gasteiger partial charge in [0.25, 0.3) is 10.0 Å². The molecule has 3 aromatic carbocycles. The van der Waals surface area contributed by atoms with Gasteiger partial charge in [-0.1, -0.05) is 66.0 Å². The molecular formula is C29H32Cl3N3O4S. The van der Waals surface area contributed by atoms with Gasteiger partial charge in [0, 0.05) is 27.2 Å². The lowest BCUT2D eigenvalue weighted by Gasteiger charge is -2.35. The number of nitrogens with zero attached hydrogens (tertiary/aromatic N) is 2. The lowest BCUT2D eigenvalue weighted by Crippen LogP contribution is -2.55. The van der Waals surface area contributed by atoms with Gasteiger partial charge in [-0.3, -0.25) is 13.9 Å². The molecule has 0 unspecified atom stereocenters. The highest BCUT2D eigenvalue weighted by atomic mass is 35.5. The van der Waals surface area contributed by atoms with Crippen molar-refractivity contribution in [2.24, 2.45) is 0 Å². The fourth-order valence-corrected chi connectivity index (χ4v) is 5.99. The maximum absolute atomic E-state index is 14.1. The van der Waals surface area contributed by atoms with Crippen LogP contribution in [0.1, 0.15) is 39.7 Å². The number of hydrogen-bond acceptors (Lipinski definition) is 4. The van der Waals surface area contributed by atoms with Crippen LogP contribution < -0.4 is 9.62 Å². The van der Waals surface area contributed by atoms with Gasteiger partial charge in [0.15, 0.2) is 0 Å². The van der Waals surface area contributed by atoms with Gasteiger partial charge in [-0.05, 0) is 81.3 Å². The van der Waals surface area contributed by atoms with E-state index in [4.69, 9.17) is 34.8 Å². The normalized spacial score (nSPS) is 12.5. The highest BCUT2D eigenvalue weighted by molar-refractivity contribution is 7.92. The van der Waals surface area contributed by atoms with Crippen LogP contribution in [0.25, 0.3) is 0 Å². The van der Waals surface area contributed by atoms with E-state index in [1.165, 1.54) is 35.2 Å². The van der Waals surface area contributed by atoms with E-state index in [9.17, 15) is 18.0 Å². The van der Waals surface area contributed by atoms with E-state index >= 15 is 0 Å². The van der Waals surface area contributed by atoms with Gasteiger partial charge in [-0.15, -0.1) is 0 Å². The van der Waals surface area contributed by atoms with Crippen LogP contribution in [0.4, 0.5) is 5.69 Å². The Morgan fingerprint density at radius 1 is 0.900 bits per heavy atom. The zero-order valence-corrected chi connectivity index (χ0v) is 25.8. The molecule has 0 radical (unpaired) electrons. The molecule has 1 atom stereocenters. The summed E-state index contributed by atoms with van der Waals surface area (Å²) in [6.45, 7) is 6.74. The molecule has 0 aliphatic heterocycles. The van der Waals surface area contributed by atoms with Gasteiger partial charge < -0.3 is 10.2 Å². The minimum atomic E-state index is -4.24. The van der Waals surface area contributed by atoms with Gasteiger partial charge >= 0.3 is 0 Å². The van der Waals surface area contributed by atoms with E-state index in [1.807, 2.05) is 20.8 Å². The quantitative estimate of drug-likeness (QED) is 0.277. The SMILES string of the molecule is CC[C@@H](C(=O)NC(C)(C)C)N(Cc1ccccc1Cl)C(=O)CN(c1cccc(Cl)c1)S(=O)(=O)c1ccc(Cl)cc1. The Bertz CT molecular complexity index is 1460. The van der Waals surface area contributed by atoms with Crippen LogP contribution in [0.3, 0.4) is 0 Å². The molecule has 0 aromatic heterocycles. The molecule has 0 bridgehead atoms. The van der Waals surface area contributed by atoms with Gasteiger partial charge in [-0.2, -0.15) is 0 Å². The first-order chi connectivity index (χ1) is 18.7. The second-order valence-corrected chi connectivity index (χ2v) is 13.4. The van der Waals surface area contributed by atoms with Gasteiger partial charge in [-0.25, -0.2) is 8.42 Å². The average molecular weight is 625 g/mol. The number of hydrogen-bond donors (Lipinski definition) is 1. The van der Waals surface area contributed by atoms with E-state index in [-0.39, 0.29) is 23.0 Å². The number of carbonyl (C=O) groups is 2. The van der Waals surface area contributed by atoms with E-state index in [0.29, 0.717) is 27.1 Å². The number of halogens is 3. The predicted octanol–water partition coefficient (Wildman–Crippen LogP) is 6.56. The molecule has 11 heteroatoms. The Morgan fingerprint density at radius 3 is 2.12 bits per heavy atom. The average Bonchev–Trinajstić information content (AvgIpc) is 2.87. The molecule has 214 valence electrons. The number of anilines is 1. The summed E-state index contributed by atoms with van der Waals surface area (Å²) in [5.41, 5.74) is 0.268. The third-order valence-electron chi connectivity index (χ3n) is 5.96. The number of sulfonamides is 1. The lowest BCUT2D eigenvalue weighted by atomic mass is 10.1. The van der Waals surface area contributed by atoms with E-state index < -0.39 is 34.1 Å². The Balaban J connectivity index is 2.09. The zero-order chi connectivity index (χ0) is 29.7. The van der Waals surface area contributed by atoms with Crippen molar-refractivity contribution in [3.05, 3.63) is 93.4 Å². The maximum Gasteiger partial charge on any atom is 0.264 e. The van der Waals surface area contributed by atoms with Crippen LogP contribution in [0.5, 0.6) is 0 Å². The van der Waals surface area contributed by atoms with Crippen molar-refractivity contribution in [3.63, 3.8) is 0 Å². The van der Waals surface area contributed by atoms with Gasteiger partial charge in [0.1, 0.15) is 12.6 Å². The summed E-state index contributed by atoms with van der Waals surface area (Å²) < 4.78 is 28.7. The summed E-state index contributed by atoms with van der Waals surface area (Å²) in [7, 11) is -4.24. The van der Waals surface area contributed by atoms with Crippen LogP contribution in [0, 0.1) is 0 Å². The highest BCUT2D eigenvalue weighted by Gasteiger charge is 2.35. The minimum Gasteiger partial charge on any atom is -0.350 e. The van der Waals surface area contributed by atoms with Crippen LogP contribution in [0.2, 0.25) is 15.1 Å². The fourth-order valence-electron chi connectivity index (χ4n) is 4.08. The summed E-state index contributed by atoms with van der Waals surface area (Å²) in [4.78, 5) is 28.8. The lowest BCUT2D eigenvalue weighted by molar-refractivity contribution is -0.141. The summed E-state index contributed by atoms with van der Waals surface area (Å²) in [5, 5.41) is 4.02. The molecule has 0 fully saturated rings. The molecule has 0 aliphatic carbocycles. The third-order valence-corrected chi connectivity index (χ3v) is 8.60. The van der Waals surface area contributed by atoms with Crippen LogP contribution >= 0.6 is 34.8 Å². The predicted molar refractivity (Wildman–Crippen MR) is 161 cm³/mol. The van der Waals surface area contributed by atoms with Crippen molar-refractivity contribution >= 4 is 62.3 Å². The second-order valence-electron chi connectivity index (χ2n) is 10.2. The molecule has 0 spiro atoms. The minimum absolute atomic E-state index is 0.00104. The molecule has 0 heterocycles. The Hall–Kier alpha value is -2.78. The first-order valence-electron chi connectivity index (χ1n) is 12.6. The van der Waals surface area contributed by atoms with E-state index in [1.54, 1.807) is 49.4 Å². The van der Waals surface area contributed by atoms with Crippen molar-refractivity contribution < 1.29 is 18.0 Å². The number of amides is 2. The van der Waals surface area contributed by atoms with Crippen molar-refractivity contribution in [1.82, 2.24) is 10.2 Å². The van der Waals surface area contributed by atoms with Crippen molar-refractivity contribution in [3.8, 4) is 0 Å². The first-order valence-corrected chi connectivity index (χ1v) is 15.2. The van der Waals surface area contributed by atoms with Crippen molar-refractivity contribution in [2.45, 2.75) is 57.1 Å². The Morgan fingerprint density at radius 2 is 1.55 bits per heavy atom. The molecule has 0 aliphatic rings. The van der Waals surface area contributed by atoms with Gasteiger partial charge in [0.2, 0.25) is 11.8 Å². The topological polar surface area (TPSA) is 86.8 Å². The van der Waals surface area contributed by atoms with Crippen molar-refractivity contribution in [2.75, 3.05) is 10.8 Å². The molecule has 7 nitrogen and oxygen atoms in total. The third kappa shape index (κ3) is 8.13. The number of carbonyl (C=O) groups excluding carboxylic acids is 2. The second kappa shape index (κ2) is 13.3. The monoisotopic (exact) mass is 623 g/mol. The molecule has 1 N–H and O–H groups in total. The first kappa shape index (κ1) is 31.7. The largest absolute Gasteiger partial charge is 0.350 e. The molecule has 3 aromatic rings. The Kier molecular flexibility index (Phi) is 10.5. The maximum atomic E-state index is 14.1. The standard InChI is InChI=1S/C29H32Cl3N3O4S/c1-5-26(28(37)33-29(2,3)4)34(18-20-9-6-7-12-25(20)32)27(36)19-35(23-11-8-10-22(31)17-23)40(38,39)24-15-13-21(30)14-16-24/h6-17,26H,5,18-19H2,1-4H3,(H,33,37)/t26-/m0/s1. The summed E-state index contributed by atoms with van der Waals surface area (Å²) >= 11 is 18.6. The number of benzene rings is 3. The number of rotatable bonds is 10. The molecule has 40 heavy (non-hydrogen) atoms. The summed E-state index contributed by atoms with van der Waals surface area (Å²) in [5.74, 6) is -0.946. The summed E-state index contributed by atoms with van der Waals surface area (Å²) in [6.07, 6.45) is 0.291. The van der Waals surface area contributed by atoms with E-state index in [2.05, 4.69) is 5.32 Å². The molecule has 0 saturated heterocycles. The van der Waals surface area contributed by atoms with Crippen molar-refractivity contribution in [1.29, 1.82) is 0 Å². The molecule has 0 saturated carbocycles. The Labute approximate surface area is 251 Å². The highest BCUT2D eigenvalue weighted by Crippen LogP contribution is 2.28. The fraction of sp³-hybridized carbons (Fsp3) is 0.310. The van der Waals surface area contributed by atoms with Crippen LogP contribution in [-0.2, 0) is 26.2 Å². The van der Waals surface area contributed by atoms with Crippen LogP contribution in [-0.4, -0.2) is 43.3 Å². The van der Waals surface area contributed by atoms with Gasteiger partial charge in [0.05, 0.1) is 10.6 Å². The molecular weight excluding hydrogens is 593 g/mol. The zero-order valence-electron chi connectivity index (χ0n) is 22.7. The molecule has 2 amide bonds. The number of nitrogens with one attached hydrogen (secondary N) is 1. The smallest absolute Gasteiger partial charge is 0.264 e. The summed E-state index contributed by atoms with van der Waals surface area (Å²) in [6, 6.07) is 18.0. The van der Waals surface area contributed by atoms with Crippen LogP contribution in [0.15, 0.2) is 77.7 Å².